The third-order valence-electron chi connectivity index (χ3n) is 1.90. The van der Waals surface area contributed by atoms with Crippen LogP contribution in [0, 0.1) is 5.92 Å². The second-order valence-electron chi connectivity index (χ2n) is 2.92. The predicted octanol–water partition coefficient (Wildman–Crippen LogP) is 1.39. The van der Waals surface area contributed by atoms with Gasteiger partial charge in [-0.3, -0.25) is 14.4 Å². The molecule has 0 saturated heterocycles. The third-order valence-corrected chi connectivity index (χ3v) is 1.90. The van der Waals surface area contributed by atoms with Crippen LogP contribution in [-0.4, -0.2) is 41.0 Å². The Morgan fingerprint density at radius 2 is 1.44 bits per heavy atom. The van der Waals surface area contributed by atoms with Gasteiger partial charge in [0.15, 0.2) is 0 Å². The fraction of sp³-hybridized carbons (Fsp3) is 0.750. The summed E-state index contributed by atoms with van der Waals surface area (Å²) in [5.74, 6) is -3.90. The quantitative estimate of drug-likeness (QED) is 0.669. The molecule has 0 heterocycles. The summed E-state index contributed by atoms with van der Waals surface area (Å²) in [5, 5.41) is 19.6. The van der Waals surface area contributed by atoms with Gasteiger partial charge in [-0.05, 0) is 14.0 Å². The summed E-state index contributed by atoms with van der Waals surface area (Å²) in [6, 6.07) is -1.15. The van der Waals surface area contributed by atoms with Crippen LogP contribution in [0.4, 0.5) is 0 Å². The molecule has 0 fully saturated rings. The number of ketones is 1. The van der Waals surface area contributed by atoms with E-state index >= 15 is 0 Å². The highest BCUT2D eigenvalue weighted by Crippen LogP contribution is 2.11. The molecule has 18 heavy (non-hydrogen) atoms. The number of carbonyl (C=O) groups excluding carboxylic acids is 1. The van der Waals surface area contributed by atoms with Gasteiger partial charge in [-0.2, -0.15) is 0 Å². The number of hydrogen-bond acceptors (Lipinski definition) is 4. The lowest BCUT2D eigenvalue weighted by atomic mass is 9.92. The van der Waals surface area contributed by atoms with Gasteiger partial charge in [0.25, 0.3) is 0 Å². The summed E-state index contributed by atoms with van der Waals surface area (Å²) in [5.41, 5.74) is 0. The van der Waals surface area contributed by atoms with E-state index in [-0.39, 0.29) is 0 Å². The molecule has 108 valence electrons. The lowest BCUT2D eigenvalue weighted by molar-refractivity contribution is -0.146. The molecule has 0 bridgehead atoms. The van der Waals surface area contributed by atoms with Crippen LogP contribution in [0.5, 0.6) is 0 Å². The standard InChI is InChI=1S/C8H13NO5.2C2H6/c1-4(10)5(3-6(11)12)7(9-2)8(13)14;2*1-2/h5,7,9H,3H2,1-2H3,(H,11,12)(H,13,14);2*1-2H3. The lowest BCUT2D eigenvalue weighted by Crippen LogP contribution is -2.44. The number of carboxylic acids is 2. The summed E-state index contributed by atoms with van der Waals surface area (Å²) < 4.78 is 0. The Kier molecular flexibility index (Phi) is 16.5. The first-order valence-electron chi connectivity index (χ1n) is 6.02. The van der Waals surface area contributed by atoms with Crippen molar-refractivity contribution < 1.29 is 24.6 Å². The third kappa shape index (κ3) is 9.77. The van der Waals surface area contributed by atoms with Gasteiger partial charge in [-0.25, -0.2) is 0 Å². The van der Waals surface area contributed by atoms with Gasteiger partial charge in [0.2, 0.25) is 0 Å². The highest BCUT2D eigenvalue weighted by molar-refractivity contribution is 5.89. The van der Waals surface area contributed by atoms with Crippen LogP contribution in [-0.2, 0) is 14.4 Å². The minimum atomic E-state index is -1.23. The number of nitrogens with one attached hydrogen (secondary N) is 1. The molecule has 0 amide bonds. The number of carbonyl (C=O) groups is 3. The van der Waals surface area contributed by atoms with Crippen LogP contribution in [0.1, 0.15) is 41.0 Å². The first-order chi connectivity index (χ1) is 8.40. The smallest absolute Gasteiger partial charge is 0.321 e. The van der Waals surface area contributed by atoms with Crippen molar-refractivity contribution in [3.63, 3.8) is 0 Å². The largest absolute Gasteiger partial charge is 0.481 e. The van der Waals surface area contributed by atoms with Crippen LogP contribution >= 0.6 is 0 Å². The number of aliphatic carboxylic acids is 2. The van der Waals surface area contributed by atoms with Crippen molar-refractivity contribution in [2.75, 3.05) is 7.05 Å². The maximum absolute atomic E-state index is 11.0. The van der Waals surface area contributed by atoms with Gasteiger partial charge < -0.3 is 15.5 Å². The lowest BCUT2D eigenvalue weighted by Gasteiger charge is -2.19. The number of Topliss-reactive ketones (excluding diaryl/α,β-unsaturated/α-hetero) is 1. The van der Waals surface area contributed by atoms with Crippen molar-refractivity contribution in [2.24, 2.45) is 5.92 Å². The Morgan fingerprint density at radius 1 is 1.06 bits per heavy atom. The molecule has 2 atom stereocenters. The molecule has 0 rings (SSSR count). The monoisotopic (exact) mass is 263 g/mol. The van der Waals surface area contributed by atoms with Crippen LogP contribution in [0.2, 0.25) is 0 Å². The molecule has 0 radical (unpaired) electrons. The second-order valence-corrected chi connectivity index (χ2v) is 2.92. The highest BCUT2D eigenvalue weighted by Gasteiger charge is 2.31. The van der Waals surface area contributed by atoms with E-state index < -0.39 is 36.1 Å². The van der Waals surface area contributed by atoms with Crippen molar-refractivity contribution in [1.82, 2.24) is 5.32 Å². The molecule has 6 heteroatoms. The molecular weight excluding hydrogens is 238 g/mol. The molecule has 0 aliphatic rings. The Labute approximate surface area is 108 Å². The minimum absolute atomic E-state index is 0.450. The van der Waals surface area contributed by atoms with E-state index in [0.29, 0.717) is 0 Å². The highest BCUT2D eigenvalue weighted by atomic mass is 16.4. The SMILES string of the molecule is CC.CC.CNC(C(=O)O)C(CC(=O)O)C(C)=O. The molecule has 0 aromatic heterocycles. The zero-order valence-electron chi connectivity index (χ0n) is 12.0. The number of carboxylic acid groups (broad SMARTS) is 2. The maximum atomic E-state index is 11.0. The Morgan fingerprint density at radius 3 is 1.61 bits per heavy atom. The van der Waals surface area contributed by atoms with Crippen LogP contribution in [0.3, 0.4) is 0 Å². The first kappa shape index (κ1) is 21.8. The first-order valence-corrected chi connectivity index (χ1v) is 6.02. The molecule has 6 nitrogen and oxygen atoms in total. The second kappa shape index (κ2) is 13.6. The molecule has 0 aliphatic carbocycles. The van der Waals surface area contributed by atoms with Gasteiger partial charge in [0.05, 0.1) is 12.3 Å². The summed E-state index contributed by atoms with van der Waals surface area (Å²) in [6.07, 6.45) is -0.479. The van der Waals surface area contributed by atoms with Gasteiger partial charge in [-0.1, -0.05) is 27.7 Å². The molecule has 0 aromatic rings. The van der Waals surface area contributed by atoms with Gasteiger partial charge in [0, 0.05) is 0 Å². The predicted molar refractivity (Wildman–Crippen MR) is 69.6 cm³/mol. The number of likely N-dealkylation sites (N-methyl/N-ethyl adjacent to an activating group) is 1. The number of hydrogen-bond donors (Lipinski definition) is 3. The van der Waals surface area contributed by atoms with E-state index in [0.717, 1.165) is 0 Å². The molecular formula is C12H25NO5. The van der Waals surface area contributed by atoms with E-state index in [1.165, 1.54) is 14.0 Å². The molecule has 3 N–H and O–H groups in total. The normalized spacial score (nSPS) is 11.9. The topological polar surface area (TPSA) is 104 Å². The molecule has 2 unspecified atom stereocenters. The Hall–Kier alpha value is -1.43. The minimum Gasteiger partial charge on any atom is -0.481 e. The zero-order valence-corrected chi connectivity index (χ0v) is 12.0. The molecule has 0 saturated carbocycles. The van der Waals surface area contributed by atoms with E-state index in [1.54, 1.807) is 0 Å². The van der Waals surface area contributed by atoms with Gasteiger partial charge in [0.1, 0.15) is 11.8 Å². The van der Waals surface area contributed by atoms with Gasteiger partial charge >= 0.3 is 11.9 Å². The van der Waals surface area contributed by atoms with Crippen molar-refractivity contribution >= 4 is 17.7 Å². The van der Waals surface area contributed by atoms with Crippen molar-refractivity contribution in [3.8, 4) is 0 Å². The summed E-state index contributed by atoms with van der Waals surface area (Å²) in [7, 11) is 1.37. The Balaban J connectivity index is -0.000000506. The van der Waals surface area contributed by atoms with Crippen LogP contribution < -0.4 is 5.32 Å². The summed E-state index contributed by atoms with van der Waals surface area (Å²) >= 11 is 0. The van der Waals surface area contributed by atoms with Crippen molar-refractivity contribution in [1.29, 1.82) is 0 Å². The number of rotatable bonds is 6. The summed E-state index contributed by atoms with van der Waals surface area (Å²) in [6.45, 7) is 9.18. The van der Waals surface area contributed by atoms with Crippen molar-refractivity contribution in [2.45, 2.75) is 47.1 Å². The van der Waals surface area contributed by atoms with E-state index in [1.807, 2.05) is 27.7 Å². The maximum Gasteiger partial charge on any atom is 0.321 e. The van der Waals surface area contributed by atoms with E-state index in [4.69, 9.17) is 10.2 Å². The Bertz CT molecular complexity index is 253. The van der Waals surface area contributed by atoms with E-state index in [2.05, 4.69) is 5.32 Å². The van der Waals surface area contributed by atoms with Crippen molar-refractivity contribution in [3.05, 3.63) is 0 Å². The average molecular weight is 263 g/mol. The molecule has 0 aliphatic heterocycles. The summed E-state index contributed by atoms with van der Waals surface area (Å²) in [4.78, 5) is 32.1. The van der Waals surface area contributed by atoms with E-state index in [9.17, 15) is 14.4 Å². The molecule has 0 aromatic carbocycles. The average Bonchev–Trinajstić information content (AvgIpc) is 2.33. The van der Waals surface area contributed by atoms with Crippen LogP contribution in [0.25, 0.3) is 0 Å². The molecule has 0 spiro atoms. The zero-order chi connectivity index (χ0) is 15.3. The van der Waals surface area contributed by atoms with Crippen LogP contribution in [0.15, 0.2) is 0 Å². The fourth-order valence-corrected chi connectivity index (χ4v) is 1.18. The van der Waals surface area contributed by atoms with Gasteiger partial charge in [-0.15, -0.1) is 0 Å². The fourth-order valence-electron chi connectivity index (χ4n) is 1.18.